The van der Waals surface area contributed by atoms with E-state index in [1.807, 2.05) is 12.3 Å². The van der Waals surface area contributed by atoms with Crippen molar-refractivity contribution in [2.75, 3.05) is 12.3 Å². The minimum absolute atomic E-state index is 0.00344. The topological polar surface area (TPSA) is 80.9 Å². The number of hydrogen-bond acceptors (Lipinski definition) is 7. The number of carbonyl (C=O) groups is 1. The number of thiazole rings is 1. The number of nitrogens with one attached hydrogen (secondary N) is 1. The summed E-state index contributed by atoms with van der Waals surface area (Å²) in [6.45, 7) is 2.66. The molecular weight excluding hydrogens is 356 g/mol. The summed E-state index contributed by atoms with van der Waals surface area (Å²) in [6.07, 6.45) is 8.71. The molecule has 6 nitrogen and oxygen atoms in total. The molecule has 0 aliphatic heterocycles. The zero-order valence-electron chi connectivity index (χ0n) is 14.3. The molecule has 0 aromatic carbocycles. The minimum Gasteiger partial charge on any atom is -0.416 e. The molecule has 8 heteroatoms. The first-order valence-corrected chi connectivity index (χ1v) is 10.4. The molecule has 2 heterocycles. The van der Waals surface area contributed by atoms with Gasteiger partial charge in [0.2, 0.25) is 11.8 Å². The summed E-state index contributed by atoms with van der Waals surface area (Å²) in [5.74, 6) is 0.810. The van der Waals surface area contributed by atoms with Gasteiger partial charge < -0.3 is 9.73 Å². The first kappa shape index (κ1) is 18.1. The highest BCUT2D eigenvalue weighted by Gasteiger charge is 2.11. The van der Waals surface area contributed by atoms with Crippen LogP contribution in [0.15, 0.2) is 26.7 Å². The van der Waals surface area contributed by atoms with Gasteiger partial charge in [0.25, 0.3) is 5.22 Å². The van der Waals surface area contributed by atoms with Crippen molar-refractivity contribution < 1.29 is 9.21 Å². The third kappa shape index (κ3) is 5.97. The van der Waals surface area contributed by atoms with Gasteiger partial charge in [-0.25, -0.2) is 4.98 Å². The molecule has 0 bridgehead atoms. The van der Waals surface area contributed by atoms with E-state index in [-0.39, 0.29) is 11.7 Å². The maximum Gasteiger partial charge on any atom is 0.277 e. The molecule has 3 rings (SSSR count). The third-order valence-corrected chi connectivity index (χ3v) is 5.57. The van der Waals surface area contributed by atoms with Crippen LogP contribution in [0.25, 0.3) is 0 Å². The molecule has 0 unspecified atom stereocenters. The Balaban J connectivity index is 1.36. The summed E-state index contributed by atoms with van der Waals surface area (Å²) >= 11 is 2.87. The summed E-state index contributed by atoms with van der Waals surface area (Å²) in [5, 5.41) is 14.4. The fourth-order valence-electron chi connectivity index (χ4n) is 2.68. The molecule has 134 valence electrons. The van der Waals surface area contributed by atoms with Gasteiger partial charge in [-0.15, -0.1) is 21.5 Å². The number of nitrogens with zero attached hydrogens (tertiary/aromatic N) is 3. The van der Waals surface area contributed by atoms with Crippen LogP contribution >= 0.6 is 23.1 Å². The zero-order chi connectivity index (χ0) is 17.5. The number of amides is 1. The predicted molar refractivity (Wildman–Crippen MR) is 98.9 cm³/mol. The fourth-order valence-corrected chi connectivity index (χ4v) is 3.91. The van der Waals surface area contributed by atoms with Gasteiger partial charge in [-0.3, -0.25) is 4.79 Å². The number of aryl methyl sites for hydroxylation is 1. The lowest BCUT2D eigenvalue weighted by Gasteiger charge is -2.12. The fraction of sp³-hybridized carbons (Fsp3) is 0.529. The lowest BCUT2D eigenvalue weighted by Crippen LogP contribution is -2.26. The van der Waals surface area contributed by atoms with Crippen molar-refractivity contribution in [1.29, 1.82) is 0 Å². The number of carbonyl (C=O) groups excluding carboxylic acids is 1. The Morgan fingerprint density at radius 1 is 1.40 bits per heavy atom. The molecule has 0 saturated carbocycles. The van der Waals surface area contributed by atoms with Crippen LogP contribution in [0.3, 0.4) is 0 Å². The van der Waals surface area contributed by atoms with E-state index in [4.69, 9.17) is 4.42 Å². The Kier molecular flexibility index (Phi) is 6.63. The largest absolute Gasteiger partial charge is 0.416 e. The van der Waals surface area contributed by atoms with Crippen LogP contribution in [0.1, 0.15) is 48.7 Å². The van der Waals surface area contributed by atoms with Crippen molar-refractivity contribution in [3.63, 3.8) is 0 Å². The lowest BCUT2D eigenvalue weighted by molar-refractivity contribution is -0.118. The summed E-state index contributed by atoms with van der Waals surface area (Å²) in [6, 6.07) is 0. The van der Waals surface area contributed by atoms with Crippen LogP contribution in [0.4, 0.5) is 0 Å². The smallest absolute Gasteiger partial charge is 0.277 e. The van der Waals surface area contributed by atoms with Gasteiger partial charge in [-0.2, -0.15) is 0 Å². The standard InChI is InChI=1S/C17H22N4O2S2/c1-12-19-14(10-24-12)9-16-20-21-17(23-16)25-11-15(22)18-8-7-13-5-3-2-4-6-13/h5,10H,2-4,6-9,11H2,1H3,(H,18,22). The maximum atomic E-state index is 11.9. The molecule has 25 heavy (non-hydrogen) atoms. The van der Waals surface area contributed by atoms with E-state index >= 15 is 0 Å². The Labute approximate surface area is 155 Å². The second-order valence-electron chi connectivity index (χ2n) is 5.99. The molecule has 0 atom stereocenters. The van der Waals surface area contributed by atoms with Gasteiger partial charge in [0, 0.05) is 11.9 Å². The zero-order valence-corrected chi connectivity index (χ0v) is 15.9. The highest BCUT2D eigenvalue weighted by molar-refractivity contribution is 7.99. The monoisotopic (exact) mass is 378 g/mol. The van der Waals surface area contributed by atoms with Crippen LogP contribution in [0.5, 0.6) is 0 Å². The molecule has 2 aromatic heterocycles. The van der Waals surface area contributed by atoms with Crippen LogP contribution in [0.2, 0.25) is 0 Å². The average molecular weight is 379 g/mol. The van der Waals surface area contributed by atoms with E-state index in [9.17, 15) is 4.79 Å². The molecule has 0 saturated heterocycles. The van der Waals surface area contributed by atoms with E-state index < -0.39 is 0 Å². The van der Waals surface area contributed by atoms with Gasteiger partial charge in [0.1, 0.15) is 0 Å². The SMILES string of the molecule is Cc1nc(Cc2nnc(SCC(=O)NCCC3=CCCCC3)o2)cs1. The van der Waals surface area contributed by atoms with Gasteiger partial charge in [-0.1, -0.05) is 23.4 Å². The number of hydrogen-bond donors (Lipinski definition) is 1. The normalized spacial score (nSPS) is 14.4. The number of allylic oxidation sites excluding steroid dienone is 1. The van der Waals surface area contributed by atoms with Gasteiger partial charge in [0.15, 0.2) is 0 Å². The second-order valence-corrected chi connectivity index (χ2v) is 7.98. The van der Waals surface area contributed by atoms with E-state index in [0.29, 0.717) is 24.1 Å². The van der Waals surface area contributed by atoms with Gasteiger partial charge in [-0.05, 0) is 39.0 Å². The Morgan fingerprint density at radius 2 is 2.32 bits per heavy atom. The molecular formula is C17H22N4O2S2. The van der Waals surface area contributed by atoms with Crippen LogP contribution in [-0.4, -0.2) is 33.4 Å². The Hall–Kier alpha value is -1.67. The number of aromatic nitrogens is 3. The molecule has 0 fully saturated rings. The van der Waals surface area contributed by atoms with Crippen molar-refractivity contribution >= 4 is 29.0 Å². The average Bonchev–Trinajstić information content (AvgIpc) is 3.23. The quantitative estimate of drug-likeness (QED) is 0.559. The molecule has 1 N–H and O–H groups in total. The van der Waals surface area contributed by atoms with Crippen molar-refractivity contribution in [3.05, 3.63) is 33.6 Å². The van der Waals surface area contributed by atoms with E-state index in [1.54, 1.807) is 11.3 Å². The predicted octanol–water partition coefficient (Wildman–Crippen LogP) is 3.52. The van der Waals surface area contributed by atoms with E-state index in [1.165, 1.54) is 43.0 Å². The van der Waals surface area contributed by atoms with Crippen molar-refractivity contribution in [2.24, 2.45) is 0 Å². The summed E-state index contributed by atoms with van der Waals surface area (Å²) in [7, 11) is 0. The third-order valence-electron chi connectivity index (χ3n) is 3.93. The molecule has 0 spiro atoms. The Morgan fingerprint density at radius 3 is 3.08 bits per heavy atom. The molecule has 1 aliphatic rings. The molecule has 2 aromatic rings. The van der Waals surface area contributed by atoms with Crippen molar-refractivity contribution in [2.45, 2.75) is 50.7 Å². The summed E-state index contributed by atoms with van der Waals surface area (Å²) < 4.78 is 5.56. The van der Waals surface area contributed by atoms with Gasteiger partial charge >= 0.3 is 0 Å². The highest BCUT2D eigenvalue weighted by atomic mass is 32.2. The Bertz CT molecular complexity index is 739. The summed E-state index contributed by atoms with van der Waals surface area (Å²) in [5.41, 5.74) is 2.40. The molecule has 0 radical (unpaired) electrons. The number of thioether (sulfide) groups is 1. The second kappa shape index (κ2) is 9.15. The van der Waals surface area contributed by atoms with Gasteiger partial charge in [0.05, 0.1) is 22.9 Å². The number of rotatable bonds is 8. The van der Waals surface area contributed by atoms with Crippen LogP contribution < -0.4 is 5.32 Å². The lowest BCUT2D eigenvalue weighted by atomic mass is 9.97. The first-order valence-electron chi connectivity index (χ1n) is 8.50. The van der Waals surface area contributed by atoms with Crippen LogP contribution in [-0.2, 0) is 11.2 Å². The van der Waals surface area contributed by atoms with E-state index in [2.05, 4.69) is 26.6 Å². The minimum atomic E-state index is -0.00344. The maximum absolute atomic E-state index is 11.9. The van der Waals surface area contributed by atoms with E-state index in [0.717, 1.165) is 17.1 Å². The molecule has 1 amide bonds. The first-order chi connectivity index (χ1) is 12.2. The summed E-state index contributed by atoms with van der Waals surface area (Å²) in [4.78, 5) is 16.3. The highest BCUT2D eigenvalue weighted by Crippen LogP contribution is 2.20. The molecule has 1 aliphatic carbocycles. The van der Waals surface area contributed by atoms with Crippen molar-refractivity contribution in [3.8, 4) is 0 Å². The van der Waals surface area contributed by atoms with Crippen LogP contribution in [0, 0.1) is 6.92 Å². The van der Waals surface area contributed by atoms with Crippen molar-refractivity contribution in [1.82, 2.24) is 20.5 Å².